The predicted octanol–water partition coefficient (Wildman–Crippen LogP) is -0.553. The first kappa shape index (κ1) is 14.7. The standard InChI is InChI=1S/C12H16N6O3S/c19-9-7-8(17-5-3-13-4-6-17)15-12-18(9)16-11(22-12)14-2-1-10(20)21/h7,13H,1-6H2,(H,14,16)(H,20,21). The molecule has 0 aromatic carbocycles. The molecule has 3 N–H and O–H groups in total. The first-order chi connectivity index (χ1) is 10.6. The van der Waals surface area contributed by atoms with Gasteiger partial charge in [-0.2, -0.15) is 4.52 Å². The van der Waals surface area contributed by atoms with E-state index in [9.17, 15) is 9.59 Å². The van der Waals surface area contributed by atoms with Crippen molar-refractivity contribution in [2.75, 3.05) is 42.9 Å². The van der Waals surface area contributed by atoms with Crippen molar-refractivity contribution in [3.63, 3.8) is 0 Å². The maximum atomic E-state index is 12.1. The maximum absolute atomic E-state index is 12.1. The number of rotatable bonds is 5. The minimum Gasteiger partial charge on any atom is -0.481 e. The van der Waals surface area contributed by atoms with Crippen molar-refractivity contribution < 1.29 is 9.90 Å². The molecule has 1 saturated heterocycles. The summed E-state index contributed by atoms with van der Waals surface area (Å²) >= 11 is 1.24. The van der Waals surface area contributed by atoms with Crippen molar-refractivity contribution in [1.82, 2.24) is 19.9 Å². The van der Waals surface area contributed by atoms with Crippen LogP contribution in [-0.4, -0.2) is 58.4 Å². The zero-order valence-electron chi connectivity index (χ0n) is 11.8. The van der Waals surface area contributed by atoms with Gasteiger partial charge in [0.2, 0.25) is 10.1 Å². The fraction of sp³-hybridized carbons (Fsp3) is 0.500. The molecule has 3 heterocycles. The lowest BCUT2D eigenvalue weighted by molar-refractivity contribution is -0.136. The molecular formula is C12H16N6O3S. The highest BCUT2D eigenvalue weighted by Gasteiger charge is 2.15. The van der Waals surface area contributed by atoms with E-state index in [0.29, 0.717) is 15.9 Å². The molecule has 2 aromatic heterocycles. The highest BCUT2D eigenvalue weighted by molar-refractivity contribution is 7.20. The van der Waals surface area contributed by atoms with Crippen LogP contribution in [0.15, 0.2) is 10.9 Å². The third-order valence-corrected chi connectivity index (χ3v) is 4.15. The topological polar surface area (TPSA) is 112 Å². The molecule has 3 rings (SSSR count). The maximum Gasteiger partial charge on any atom is 0.305 e. The van der Waals surface area contributed by atoms with Crippen LogP contribution < -0.4 is 21.1 Å². The van der Waals surface area contributed by atoms with Gasteiger partial charge in [0.1, 0.15) is 5.82 Å². The summed E-state index contributed by atoms with van der Waals surface area (Å²) in [7, 11) is 0. The lowest BCUT2D eigenvalue weighted by atomic mass is 10.3. The van der Waals surface area contributed by atoms with Crippen molar-refractivity contribution in [3.8, 4) is 0 Å². The monoisotopic (exact) mass is 324 g/mol. The summed E-state index contributed by atoms with van der Waals surface area (Å²) < 4.78 is 1.24. The molecule has 1 aliphatic rings. The van der Waals surface area contributed by atoms with E-state index in [4.69, 9.17) is 5.11 Å². The number of fused-ring (bicyclic) bond motifs is 1. The van der Waals surface area contributed by atoms with E-state index in [1.165, 1.54) is 21.9 Å². The van der Waals surface area contributed by atoms with Crippen LogP contribution in [0.25, 0.3) is 4.96 Å². The molecule has 0 amide bonds. The minimum atomic E-state index is -0.884. The van der Waals surface area contributed by atoms with Gasteiger partial charge in [-0.25, -0.2) is 4.98 Å². The Morgan fingerprint density at radius 2 is 2.23 bits per heavy atom. The second-order valence-electron chi connectivity index (χ2n) is 4.86. The Hall–Kier alpha value is -2.20. The summed E-state index contributed by atoms with van der Waals surface area (Å²) in [5.41, 5.74) is -0.235. The van der Waals surface area contributed by atoms with E-state index in [2.05, 4.69) is 25.6 Å². The van der Waals surface area contributed by atoms with Gasteiger partial charge in [0, 0.05) is 38.8 Å². The number of hydrogen-bond acceptors (Lipinski definition) is 8. The van der Waals surface area contributed by atoms with Crippen LogP contribution in [0.5, 0.6) is 0 Å². The molecule has 1 fully saturated rings. The number of carbonyl (C=O) groups is 1. The average Bonchev–Trinajstić information content (AvgIpc) is 2.91. The summed E-state index contributed by atoms with van der Waals surface area (Å²) in [6, 6.07) is 1.49. The Kier molecular flexibility index (Phi) is 4.20. The summed E-state index contributed by atoms with van der Waals surface area (Å²) in [5.74, 6) is -0.225. The number of aliphatic carboxylic acids is 1. The van der Waals surface area contributed by atoms with Crippen molar-refractivity contribution in [2.45, 2.75) is 6.42 Å². The molecule has 10 heteroatoms. The molecule has 1 aliphatic heterocycles. The molecular weight excluding hydrogens is 308 g/mol. The van der Waals surface area contributed by atoms with Gasteiger partial charge in [-0.15, -0.1) is 5.10 Å². The van der Waals surface area contributed by atoms with Gasteiger partial charge >= 0.3 is 5.97 Å². The number of hydrogen-bond donors (Lipinski definition) is 3. The molecule has 118 valence electrons. The molecule has 0 saturated carbocycles. The van der Waals surface area contributed by atoms with E-state index >= 15 is 0 Å². The van der Waals surface area contributed by atoms with Crippen LogP contribution in [0.4, 0.5) is 10.9 Å². The lowest BCUT2D eigenvalue weighted by Crippen LogP contribution is -2.44. The second kappa shape index (κ2) is 6.28. The SMILES string of the molecule is O=C(O)CCNc1nn2c(=O)cc(N3CCNCC3)nc2s1. The predicted molar refractivity (Wildman–Crippen MR) is 83.0 cm³/mol. The molecule has 2 aromatic rings. The van der Waals surface area contributed by atoms with Crippen molar-refractivity contribution in [1.29, 1.82) is 0 Å². The number of nitrogens with one attached hydrogen (secondary N) is 2. The minimum absolute atomic E-state index is 0.00964. The molecule has 0 bridgehead atoms. The summed E-state index contributed by atoms with van der Waals surface area (Å²) in [6.45, 7) is 3.61. The Labute approximate surface area is 129 Å². The smallest absolute Gasteiger partial charge is 0.305 e. The van der Waals surface area contributed by atoms with Crippen LogP contribution in [0.2, 0.25) is 0 Å². The quantitative estimate of drug-likeness (QED) is 0.671. The number of nitrogens with zero attached hydrogens (tertiary/aromatic N) is 4. The van der Waals surface area contributed by atoms with E-state index in [-0.39, 0.29) is 18.5 Å². The molecule has 0 aliphatic carbocycles. The highest BCUT2D eigenvalue weighted by atomic mass is 32.1. The van der Waals surface area contributed by atoms with E-state index in [0.717, 1.165) is 26.2 Å². The van der Waals surface area contributed by atoms with Crippen LogP contribution in [0.1, 0.15) is 6.42 Å². The third-order valence-electron chi connectivity index (χ3n) is 3.29. The number of aromatic nitrogens is 3. The number of piperazine rings is 1. The Morgan fingerprint density at radius 1 is 1.45 bits per heavy atom. The van der Waals surface area contributed by atoms with E-state index in [1.54, 1.807) is 0 Å². The van der Waals surface area contributed by atoms with Crippen molar-refractivity contribution in [2.24, 2.45) is 0 Å². The molecule has 0 radical (unpaired) electrons. The van der Waals surface area contributed by atoms with Crippen LogP contribution in [0, 0.1) is 0 Å². The van der Waals surface area contributed by atoms with Gasteiger partial charge in [-0.1, -0.05) is 11.3 Å². The zero-order valence-corrected chi connectivity index (χ0v) is 12.6. The lowest BCUT2D eigenvalue weighted by Gasteiger charge is -2.27. The van der Waals surface area contributed by atoms with Gasteiger partial charge in [0.15, 0.2) is 0 Å². The fourth-order valence-electron chi connectivity index (χ4n) is 2.20. The Morgan fingerprint density at radius 3 is 2.95 bits per heavy atom. The normalized spacial score (nSPS) is 15.2. The van der Waals surface area contributed by atoms with Gasteiger partial charge in [0.05, 0.1) is 6.42 Å². The number of carboxylic acid groups (broad SMARTS) is 1. The Bertz CT molecular complexity index is 736. The largest absolute Gasteiger partial charge is 0.481 e. The van der Waals surface area contributed by atoms with Crippen LogP contribution >= 0.6 is 11.3 Å². The van der Waals surface area contributed by atoms with Crippen molar-refractivity contribution in [3.05, 3.63) is 16.4 Å². The molecule has 0 atom stereocenters. The Balaban J connectivity index is 1.83. The molecule has 22 heavy (non-hydrogen) atoms. The van der Waals surface area contributed by atoms with Gasteiger partial charge < -0.3 is 20.6 Å². The van der Waals surface area contributed by atoms with E-state index < -0.39 is 5.97 Å². The first-order valence-electron chi connectivity index (χ1n) is 6.96. The van der Waals surface area contributed by atoms with Gasteiger partial charge in [-0.3, -0.25) is 9.59 Å². The van der Waals surface area contributed by atoms with Crippen LogP contribution in [0.3, 0.4) is 0 Å². The summed E-state index contributed by atoms with van der Waals surface area (Å²) in [4.78, 5) is 29.7. The average molecular weight is 324 g/mol. The summed E-state index contributed by atoms with van der Waals surface area (Å²) in [5, 5.41) is 19.4. The number of anilines is 2. The second-order valence-corrected chi connectivity index (χ2v) is 5.82. The van der Waals surface area contributed by atoms with Crippen molar-refractivity contribution >= 4 is 33.2 Å². The van der Waals surface area contributed by atoms with Crippen LogP contribution in [-0.2, 0) is 4.79 Å². The third kappa shape index (κ3) is 3.17. The highest BCUT2D eigenvalue weighted by Crippen LogP contribution is 2.19. The first-order valence-corrected chi connectivity index (χ1v) is 7.77. The fourth-order valence-corrected chi connectivity index (χ4v) is 3.03. The van der Waals surface area contributed by atoms with Gasteiger partial charge in [-0.05, 0) is 0 Å². The number of carboxylic acids is 1. The zero-order chi connectivity index (χ0) is 15.5. The van der Waals surface area contributed by atoms with E-state index in [1.807, 2.05) is 0 Å². The summed E-state index contributed by atoms with van der Waals surface area (Å²) in [6.07, 6.45) is -0.00964. The molecule has 0 spiro atoms. The molecule has 0 unspecified atom stereocenters. The molecule has 9 nitrogen and oxygen atoms in total. The van der Waals surface area contributed by atoms with Gasteiger partial charge in [0.25, 0.3) is 5.56 Å².